The molecule has 0 spiro atoms. The van der Waals surface area contributed by atoms with Crippen LogP contribution in [0.4, 0.5) is 4.79 Å². The molecule has 0 saturated carbocycles. The van der Waals surface area contributed by atoms with E-state index in [2.05, 4.69) is 37.1 Å². The number of nitrogens with zero attached hydrogens (tertiary/aromatic N) is 1. The molecule has 2 aromatic rings. The second-order valence-corrected chi connectivity index (χ2v) is 9.14. The molecule has 214 valence electrons. The molecule has 2 atom stereocenters. The molecule has 0 radical (unpaired) electrons. The van der Waals surface area contributed by atoms with E-state index in [0.717, 1.165) is 0 Å². The number of hydrogen-bond donors (Lipinski definition) is 5. The standard InChI is InChI=1S/C26H29BrN4O9/c1-4-38-20-10-16(24-23(25(35)37-3)14(2)29-26(36)30-24)6-8-19(20)39-12-21(32)31-28-11-15-5-7-18(17(27)9-15)40-13-22(33)34/h5-11,21,24,31-32H,4,12-13H2,1-3H3,(H,33,34)(H2,29,30,36)/b28-11-/t21-,24-/m1/s1. The van der Waals surface area contributed by atoms with Crippen LogP contribution in [0, 0.1) is 0 Å². The summed E-state index contributed by atoms with van der Waals surface area (Å²) in [5.74, 6) is -0.625. The number of methoxy groups -OCH3 is 1. The van der Waals surface area contributed by atoms with E-state index in [1.807, 2.05) is 0 Å². The van der Waals surface area contributed by atoms with Gasteiger partial charge in [-0.25, -0.2) is 14.4 Å². The van der Waals surface area contributed by atoms with Gasteiger partial charge in [-0.3, -0.25) is 5.43 Å². The first-order valence-electron chi connectivity index (χ1n) is 12.0. The third-order valence-electron chi connectivity index (χ3n) is 5.42. The number of aliphatic hydroxyl groups is 1. The highest BCUT2D eigenvalue weighted by atomic mass is 79.9. The Balaban J connectivity index is 1.65. The van der Waals surface area contributed by atoms with Crippen LogP contribution in [0.2, 0.25) is 0 Å². The summed E-state index contributed by atoms with van der Waals surface area (Å²) in [6.45, 7) is 3.08. The molecule has 1 heterocycles. The first-order chi connectivity index (χ1) is 19.1. The van der Waals surface area contributed by atoms with Gasteiger partial charge in [-0.15, -0.1) is 0 Å². The number of hydrazone groups is 1. The zero-order chi connectivity index (χ0) is 29.2. The monoisotopic (exact) mass is 620 g/mol. The lowest BCUT2D eigenvalue weighted by molar-refractivity contribution is -0.139. The van der Waals surface area contributed by atoms with Crippen molar-refractivity contribution in [3.05, 3.63) is 63.3 Å². The van der Waals surface area contributed by atoms with Crippen molar-refractivity contribution in [2.45, 2.75) is 26.1 Å². The Morgan fingerprint density at radius 1 is 1.15 bits per heavy atom. The zero-order valence-corrected chi connectivity index (χ0v) is 23.5. The van der Waals surface area contributed by atoms with Crippen molar-refractivity contribution in [2.24, 2.45) is 5.10 Å². The van der Waals surface area contributed by atoms with Crippen LogP contribution in [0.1, 0.15) is 31.0 Å². The number of urea groups is 1. The molecule has 1 aliphatic heterocycles. The van der Waals surface area contributed by atoms with Crippen molar-refractivity contribution < 1.29 is 43.5 Å². The molecular weight excluding hydrogens is 592 g/mol. The van der Waals surface area contributed by atoms with Crippen LogP contribution in [-0.4, -0.2) is 67.6 Å². The summed E-state index contributed by atoms with van der Waals surface area (Å²) in [5.41, 5.74) is 4.41. The van der Waals surface area contributed by atoms with E-state index in [-0.39, 0.29) is 12.2 Å². The number of carbonyl (C=O) groups excluding carboxylic acids is 2. The van der Waals surface area contributed by atoms with E-state index in [0.29, 0.717) is 45.2 Å². The molecule has 0 saturated heterocycles. The summed E-state index contributed by atoms with van der Waals surface area (Å²) >= 11 is 3.31. The van der Waals surface area contributed by atoms with Gasteiger partial charge in [0.25, 0.3) is 0 Å². The molecule has 0 bridgehead atoms. The van der Waals surface area contributed by atoms with Gasteiger partial charge in [-0.1, -0.05) is 6.07 Å². The summed E-state index contributed by atoms with van der Waals surface area (Å²) in [6, 6.07) is 8.63. The number of carboxylic acid groups (broad SMARTS) is 1. The maximum absolute atomic E-state index is 12.4. The number of aliphatic hydroxyl groups excluding tert-OH is 1. The minimum atomic E-state index is -1.17. The molecule has 14 heteroatoms. The molecule has 2 aromatic carbocycles. The summed E-state index contributed by atoms with van der Waals surface area (Å²) in [4.78, 5) is 35.1. The topological polar surface area (TPSA) is 177 Å². The fraction of sp³-hybridized carbons (Fsp3) is 0.308. The molecule has 13 nitrogen and oxygen atoms in total. The SMILES string of the molecule is CCOc1cc([C@H]2NC(=O)NC(C)=C2C(=O)OC)ccc1OC[C@@H](O)N/N=C\c1ccc(OCC(=O)O)c(Br)c1. The van der Waals surface area contributed by atoms with E-state index in [1.165, 1.54) is 13.3 Å². The number of hydrogen-bond acceptors (Lipinski definition) is 10. The van der Waals surface area contributed by atoms with Crippen molar-refractivity contribution in [2.75, 3.05) is 26.9 Å². The summed E-state index contributed by atoms with van der Waals surface area (Å²) in [7, 11) is 1.26. The van der Waals surface area contributed by atoms with Crippen LogP contribution in [0.5, 0.6) is 17.2 Å². The van der Waals surface area contributed by atoms with Gasteiger partial charge >= 0.3 is 18.0 Å². The van der Waals surface area contributed by atoms with Gasteiger partial charge in [0, 0.05) is 5.70 Å². The highest BCUT2D eigenvalue weighted by Gasteiger charge is 2.32. The Morgan fingerprint density at radius 2 is 1.90 bits per heavy atom. The minimum Gasteiger partial charge on any atom is -0.490 e. The number of carboxylic acids is 1. The number of ether oxygens (including phenoxy) is 4. The van der Waals surface area contributed by atoms with E-state index in [9.17, 15) is 19.5 Å². The summed E-state index contributed by atoms with van der Waals surface area (Å²) < 4.78 is 22.0. The third kappa shape index (κ3) is 8.10. The molecule has 5 N–H and O–H groups in total. The van der Waals surface area contributed by atoms with Crippen molar-refractivity contribution in [1.82, 2.24) is 16.1 Å². The van der Waals surface area contributed by atoms with Crippen LogP contribution < -0.4 is 30.3 Å². The van der Waals surface area contributed by atoms with Gasteiger partial charge in [-0.05, 0) is 71.2 Å². The maximum Gasteiger partial charge on any atom is 0.341 e. The maximum atomic E-state index is 12.4. The Kier molecular flexibility index (Phi) is 10.7. The van der Waals surface area contributed by atoms with Gasteiger partial charge in [0.1, 0.15) is 12.4 Å². The van der Waals surface area contributed by atoms with Gasteiger partial charge in [-0.2, -0.15) is 5.10 Å². The van der Waals surface area contributed by atoms with Crippen molar-refractivity contribution in [3.8, 4) is 17.2 Å². The minimum absolute atomic E-state index is 0.182. The summed E-state index contributed by atoms with van der Waals surface area (Å²) in [5, 5.41) is 28.3. The number of benzene rings is 2. The highest BCUT2D eigenvalue weighted by Crippen LogP contribution is 2.35. The van der Waals surface area contributed by atoms with Crippen molar-refractivity contribution in [3.63, 3.8) is 0 Å². The van der Waals surface area contributed by atoms with Crippen molar-refractivity contribution >= 4 is 40.1 Å². The molecular formula is C26H29BrN4O9. The van der Waals surface area contributed by atoms with Gasteiger partial charge in [0.2, 0.25) is 0 Å². The van der Waals surface area contributed by atoms with Gasteiger partial charge < -0.3 is 39.8 Å². The molecule has 1 aliphatic rings. The molecule has 2 amide bonds. The van der Waals surface area contributed by atoms with Crippen molar-refractivity contribution in [1.29, 1.82) is 0 Å². The van der Waals surface area contributed by atoms with Gasteiger partial charge in [0.15, 0.2) is 24.3 Å². The fourth-order valence-electron chi connectivity index (χ4n) is 3.67. The average molecular weight is 621 g/mol. The Bertz CT molecular complexity index is 1320. The fourth-order valence-corrected chi connectivity index (χ4v) is 4.18. The van der Waals surface area contributed by atoms with E-state index in [1.54, 1.807) is 50.2 Å². The molecule has 0 aromatic heterocycles. The number of amides is 2. The second kappa shape index (κ2) is 14.2. The lowest BCUT2D eigenvalue weighted by atomic mass is 9.95. The molecule has 3 rings (SSSR count). The number of halogens is 1. The third-order valence-corrected chi connectivity index (χ3v) is 6.04. The molecule has 0 unspecified atom stereocenters. The first-order valence-corrected chi connectivity index (χ1v) is 12.8. The van der Waals surface area contributed by atoms with Crippen LogP contribution in [0.25, 0.3) is 0 Å². The summed E-state index contributed by atoms with van der Waals surface area (Å²) in [6.07, 6.45) is 0.282. The normalized spacial score (nSPS) is 15.6. The number of rotatable bonds is 13. The first kappa shape index (κ1) is 30.2. The highest BCUT2D eigenvalue weighted by molar-refractivity contribution is 9.10. The Hall–Kier alpha value is -4.30. The van der Waals surface area contributed by atoms with E-state index >= 15 is 0 Å². The predicted octanol–water partition coefficient (Wildman–Crippen LogP) is 2.43. The number of aliphatic carboxylic acids is 1. The molecule has 0 aliphatic carbocycles. The van der Waals surface area contributed by atoms with E-state index in [4.69, 9.17) is 24.1 Å². The number of carbonyl (C=O) groups is 3. The van der Waals surface area contributed by atoms with Crippen LogP contribution in [0.3, 0.4) is 0 Å². The Labute approximate surface area is 238 Å². The smallest absolute Gasteiger partial charge is 0.341 e. The second-order valence-electron chi connectivity index (χ2n) is 8.29. The quantitative estimate of drug-likeness (QED) is 0.0967. The van der Waals surface area contributed by atoms with E-state index < -0.39 is 36.8 Å². The largest absolute Gasteiger partial charge is 0.490 e. The average Bonchev–Trinajstić information content (AvgIpc) is 2.91. The molecule has 0 fully saturated rings. The number of nitrogens with one attached hydrogen (secondary N) is 3. The predicted molar refractivity (Wildman–Crippen MR) is 146 cm³/mol. The number of esters is 1. The number of allylic oxidation sites excluding steroid dienone is 1. The van der Waals surface area contributed by atoms with Crippen LogP contribution >= 0.6 is 15.9 Å². The Morgan fingerprint density at radius 3 is 2.58 bits per heavy atom. The van der Waals surface area contributed by atoms with Crippen LogP contribution in [-0.2, 0) is 14.3 Å². The zero-order valence-electron chi connectivity index (χ0n) is 21.9. The van der Waals surface area contributed by atoms with Gasteiger partial charge in [0.05, 0.1) is 36.0 Å². The molecule has 40 heavy (non-hydrogen) atoms. The lowest BCUT2D eigenvalue weighted by Gasteiger charge is -2.28. The van der Waals surface area contributed by atoms with Crippen LogP contribution in [0.15, 0.2) is 57.2 Å². The lowest BCUT2D eigenvalue weighted by Crippen LogP contribution is -2.45.